The monoisotopic (exact) mass is 418 g/mol. The molecule has 4 rings (SSSR count). The number of hydrogen-bond acceptors (Lipinski definition) is 7. The van der Waals surface area contributed by atoms with Gasteiger partial charge in [-0.3, -0.25) is 9.59 Å². The number of Topliss-reactive ketones (excluding diaryl/α,β-unsaturated/α-hetero) is 1. The van der Waals surface area contributed by atoms with Gasteiger partial charge in [-0.05, 0) is 45.1 Å². The number of rotatable bonds is 2. The molecule has 164 valence electrons. The summed E-state index contributed by atoms with van der Waals surface area (Å²) in [7, 11) is 0. The van der Waals surface area contributed by atoms with E-state index >= 15 is 0 Å². The Hall–Kier alpha value is -2.15. The van der Waals surface area contributed by atoms with Crippen molar-refractivity contribution in [3.05, 3.63) is 24.3 Å². The average Bonchev–Trinajstić information content (AvgIpc) is 2.61. The summed E-state index contributed by atoms with van der Waals surface area (Å²) in [6.45, 7) is 14.7. The van der Waals surface area contributed by atoms with Crippen molar-refractivity contribution < 1.29 is 33.3 Å². The zero-order chi connectivity index (χ0) is 22.3. The molecule has 0 amide bonds. The fourth-order valence-electron chi connectivity index (χ4n) is 6.44. The lowest BCUT2D eigenvalue weighted by molar-refractivity contribution is -0.323. The number of ketones is 1. The van der Waals surface area contributed by atoms with Gasteiger partial charge < -0.3 is 18.9 Å². The fraction of sp³-hybridized carbons (Fsp3) is 0.696. The quantitative estimate of drug-likeness (QED) is 0.499. The van der Waals surface area contributed by atoms with Gasteiger partial charge in [0, 0.05) is 13.3 Å². The molecule has 4 aliphatic rings. The predicted octanol–water partition coefficient (Wildman–Crippen LogP) is 3.65. The topological polar surface area (TPSA) is 88.1 Å². The summed E-state index contributed by atoms with van der Waals surface area (Å²) in [6.07, 6.45) is 2.42. The van der Waals surface area contributed by atoms with Crippen molar-refractivity contribution in [1.29, 1.82) is 0 Å². The minimum absolute atomic E-state index is 0.0117. The number of esters is 1. The molecule has 7 nitrogen and oxygen atoms in total. The third kappa shape index (κ3) is 2.33. The molecule has 0 bridgehead atoms. The van der Waals surface area contributed by atoms with Crippen LogP contribution in [0.3, 0.4) is 0 Å². The Morgan fingerprint density at radius 3 is 2.50 bits per heavy atom. The molecule has 3 fully saturated rings. The molecule has 0 aromatic rings. The van der Waals surface area contributed by atoms with Crippen LogP contribution in [0.5, 0.6) is 0 Å². The zero-order valence-electron chi connectivity index (χ0n) is 18.5. The van der Waals surface area contributed by atoms with E-state index in [2.05, 4.69) is 20.4 Å². The van der Waals surface area contributed by atoms with E-state index in [1.165, 1.54) is 6.92 Å². The lowest BCUT2D eigenvalue weighted by atomic mass is 9.44. The lowest BCUT2D eigenvalue weighted by Crippen LogP contribution is -2.84. The Morgan fingerprint density at radius 2 is 1.90 bits per heavy atom. The molecule has 7 heteroatoms. The molecule has 2 aliphatic carbocycles. The largest absolute Gasteiger partial charge is 0.509 e. The van der Waals surface area contributed by atoms with E-state index in [4.69, 9.17) is 18.9 Å². The number of carbonyl (C=O) groups is 3. The summed E-state index contributed by atoms with van der Waals surface area (Å²) < 4.78 is 23.7. The van der Waals surface area contributed by atoms with Gasteiger partial charge in [0.15, 0.2) is 17.5 Å². The summed E-state index contributed by atoms with van der Waals surface area (Å²) in [5, 5.41) is 0. The maximum atomic E-state index is 14.0. The summed E-state index contributed by atoms with van der Waals surface area (Å²) in [6, 6.07) is 0. The minimum atomic E-state index is -1.69. The lowest BCUT2D eigenvalue weighted by Gasteiger charge is -2.69. The molecule has 0 N–H and O–H groups in total. The van der Waals surface area contributed by atoms with Gasteiger partial charge in [-0.15, -0.1) is 6.58 Å². The molecule has 0 radical (unpaired) electrons. The number of carbonyl (C=O) groups excluding carboxylic acids is 3. The highest BCUT2D eigenvalue weighted by Crippen LogP contribution is 2.68. The van der Waals surface area contributed by atoms with Crippen LogP contribution < -0.4 is 0 Å². The average molecular weight is 418 g/mol. The van der Waals surface area contributed by atoms with Gasteiger partial charge in [0.05, 0.1) is 11.0 Å². The van der Waals surface area contributed by atoms with E-state index in [0.717, 1.165) is 12.0 Å². The van der Waals surface area contributed by atoms with E-state index in [-0.39, 0.29) is 17.6 Å². The molecule has 30 heavy (non-hydrogen) atoms. The molecule has 0 aromatic carbocycles. The van der Waals surface area contributed by atoms with Crippen molar-refractivity contribution in [1.82, 2.24) is 0 Å². The van der Waals surface area contributed by atoms with E-state index in [1.807, 2.05) is 13.0 Å². The maximum Gasteiger partial charge on any atom is 0.509 e. The van der Waals surface area contributed by atoms with Crippen molar-refractivity contribution in [2.45, 2.75) is 89.8 Å². The first-order chi connectivity index (χ1) is 13.8. The third-order valence-corrected chi connectivity index (χ3v) is 7.80. The predicted molar refractivity (Wildman–Crippen MR) is 107 cm³/mol. The van der Waals surface area contributed by atoms with Gasteiger partial charge in [-0.25, -0.2) is 4.79 Å². The van der Waals surface area contributed by atoms with Gasteiger partial charge in [-0.2, -0.15) is 0 Å². The second-order valence-electron chi connectivity index (χ2n) is 10.2. The first-order valence-electron chi connectivity index (χ1n) is 10.4. The van der Waals surface area contributed by atoms with Gasteiger partial charge in [0.25, 0.3) is 0 Å². The van der Waals surface area contributed by atoms with Crippen molar-refractivity contribution in [2.24, 2.45) is 10.8 Å². The van der Waals surface area contributed by atoms with Crippen molar-refractivity contribution in [2.75, 3.05) is 0 Å². The highest BCUT2D eigenvalue weighted by molar-refractivity contribution is 5.95. The molecule has 2 saturated heterocycles. The highest BCUT2D eigenvalue weighted by atomic mass is 16.8. The summed E-state index contributed by atoms with van der Waals surface area (Å²) in [4.78, 5) is 38.6. The maximum absolute atomic E-state index is 14.0. The first-order valence-corrected chi connectivity index (χ1v) is 10.4. The Bertz CT molecular complexity index is 888. The summed E-state index contributed by atoms with van der Waals surface area (Å²) in [5.74, 6) is -0.787. The number of ether oxygens (including phenoxy) is 4. The van der Waals surface area contributed by atoms with E-state index < -0.39 is 46.6 Å². The second-order valence-corrected chi connectivity index (χ2v) is 10.2. The molecule has 1 spiro atoms. The first kappa shape index (κ1) is 21.1. The SMILES string of the molecule is C=C[C@@]1(C)CC(=O)[C@@]23OC(=O)O[C@@H]4CCC(C)(C)C(=C[C@H](OC(C)=O)[C@@]2(C)O1)[C@]43C. The molecule has 2 heterocycles. The van der Waals surface area contributed by atoms with E-state index in [0.29, 0.717) is 6.42 Å². The zero-order valence-corrected chi connectivity index (χ0v) is 18.5. The van der Waals surface area contributed by atoms with Crippen LogP contribution in [0, 0.1) is 10.8 Å². The Balaban J connectivity index is 2.07. The number of hydrogen-bond donors (Lipinski definition) is 0. The van der Waals surface area contributed by atoms with Crippen LogP contribution in [0.25, 0.3) is 0 Å². The van der Waals surface area contributed by atoms with Crippen LogP contribution in [-0.2, 0) is 28.5 Å². The third-order valence-electron chi connectivity index (χ3n) is 7.80. The Kier molecular flexibility index (Phi) is 4.19. The van der Waals surface area contributed by atoms with Gasteiger partial charge in [0.1, 0.15) is 6.10 Å². The van der Waals surface area contributed by atoms with Crippen LogP contribution in [0.4, 0.5) is 4.79 Å². The van der Waals surface area contributed by atoms with E-state index in [1.54, 1.807) is 19.9 Å². The van der Waals surface area contributed by atoms with E-state index in [9.17, 15) is 14.4 Å². The molecular weight excluding hydrogens is 388 g/mol. The molecule has 1 saturated carbocycles. The van der Waals surface area contributed by atoms with Crippen LogP contribution in [0.1, 0.15) is 60.8 Å². The van der Waals surface area contributed by atoms with Crippen LogP contribution in [-0.4, -0.2) is 46.9 Å². The Morgan fingerprint density at radius 1 is 1.23 bits per heavy atom. The van der Waals surface area contributed by atoms with Crippen molar-refractivity contribution in [3.63, 3.8) is 0 Å². The molecule has 6 atom stereocenters. The molecule has 2 aliphatic heterocycles. The highest BCUT2D eigenvalue weighted by Gasteiger charge is 2.81. The summed E-state index contributed by atoms with van der Waals surface area (Å²) in [5.41, 5.74) is -4.54. The normalized spacial score (nSPS) is 46.4. The van der Waals surface area contributed by atoms with Gasteiger partial charge in [-0.1, -0.05) is 25.5 Å². The second kappa shape index (κ2) is 5.96. The van der Waals surface area contributed by atoms with Crippen LogP contribution in [0.15, 0.2) is 24.3 Å². The summed E-state index contributed by atoms with van der Waals surface area (Å²) >= 11 is 0. The minimum Gasteiger partial charge on any atom is -0.455 e. The standard InChI is InChI=1S/C23H30O7/c1-8-20(5)12-15(25)23-21(6)14(11-17(27-13(2)24)22(23,7)30-20)19(3,4)10-9-16(21)28-18(26)29-23/h8,11,16-17H,1,9-10,12H2,2-7H3/t16-,17+,20+,21-,22-,23+/m1/s1. The smallest absolute Gasteiger partial charge is 0.455 e. The van der Waals surface area contributed by atoms with Gasteiger partial charge in [0.2, 0.25) is 5.60 Å². The van der Waals surface area contributed by atoms with Crippen LogP contribution >= 0.6 is 0 Å². The van der Waals surface area contributed by atoms with Crippen molar-refractivity contribution >= 4 is 17.9 Å². The molecular formula is C23H30O7. The van der Waals surface area contributed by atoms with Crippen molar-refractivity contribution in [3.8, 4) is 0 Å². The fourth-order valence-corrected chi connectivity index (χ4v) is 6.44. The van der Waals surface area contributed by atoms with Gasteiger partial charge >= 0.3 is 12.1 Å². The van der Waals surface area contributed by atoms with Crippen LogP contribution in [0.2, 0.25) is 0 Å². The Labute approximate surface area is 176 Å². The molecule has 0 unspecified atom stereocenters. The molecule has 0 aromatic heterocycles.